The minimum Gasteiger partial charge on any atom is -0.497 e. The van der Waals surface area contributed by atoms with E-state index in [0.717, 1.165) is 55.6 Å². The molecular formula is C24H32N6O3. The Labute approximate surface area is 194 Å². The number of para-hydroxylation sites is 1. The standard InChI is InChI=1S/C24H32N6O3/c1-31-17-16-30-24(25-26-27-30)23(19-8-10-21(32-2)11-9-19)29-14-12-28(13-15-29)18-20-6-4-5-7-22(20)33-3/h4-11,23H,12-18H2,1-3H3/t23-/m0/s1. The van der Waals surface area contributed by atoms with Crippen LogP contribution in [0, 0.1) is 0 Å². The highest BCUT2D eigenvalue weighted by atomic mass is 16.5. The van der Waals surface area contributed by atoms with E-state index in [2.05, 4.69) is 49.6 Å². The van der Waals surface area contributed by atoms with Crippen LogP contribution in [0.5, 0.6) is 11.5 Å². The molecule has 0 spiro atoms. The molecule has 9 nitrogen and oxygen atoms in total. The third-order valence-electron chi connectivity index (χ3n) is 6.10. The SMILES string of the molecule is COCCn1nnnc1[C@H](c1ccc(OC)cc1)N1CCN(Cc2ccccc2OC)CC1. The molecular weight excluding hydrogens is 420 g/mol. The van der Waals surface area contributed by atoms with Crippen LogP contribution in [0.25, 0.3) is 0 Å². The topological polar surface area (TPSA) is 77.8 Å². The highest BCUT2D eigenvalue weighted by Crippen LogP contribution is 2.30. The second kappa shape index (κ2) is 11.2. The van der Waals surface area contributed by atoms with E-state index in [1.807, 2.05) is 28.9 Å². The van der Waals surface area contributed by atoms with Crippen molar-refractivity contribution < 1.29 is 14.2 Å². The summed E-state index contributed by atoms with van der Waals surface area (Å²) in [5.74, 6) is 2.60. The monoisotopic (exact) mass is 452 g/mol. The van der Waals surface area contributed by atoms with Gasteiger partial charge < -0.3 is 14.2 Å². The van der Waals surface area contributed by atoms with E-state index < -0.39 is 0 Å². The van der Waals surface area contributed by atoms with Gasteiger partial charge >= 0.3 is 0 Å². The lowest BCUT2D eigenvalue weighted by molar-refractivity contribution is 0.0983. The smallest absolute Gasteiger partial charge is 0.173 e. The Hall–Kier alpha value is -3.01. The first kappa shape index (κ1) is 23.2. The maximum absolute atomic E-state index is 5.53. The second-order valence-electron chi connectivity index (χ2n) is 8.05. The summed E-state index contributed by atoms with van der Waals surface area (Å²) in [5.41, 5.74) is 2.35. The molecule has 0 N–H and O–H groups in total. The van der Waals surface area contributed by atoms with E-state index in [0.29, 0.717) is 13.2 Å². The summed E-state index contributed by atoms with van der Waals surface area (Å²) in [5, 5.41) is 12.6. The summed E-state index contributed by atoms with van der Waals surface area (Å²) in [6.45, 7) is 5.75. The lowest BCUT2D eigenvalue weighted by Crippen LogP contribution is -2.48. The Morgan fingerprint density at radius 3 is 2.36 bits per heavy atom. The van der Waals surface area contributed by atoms with E-state index in [9.17, 15) is 0 Å². The maximum Gasteiger partial charge on any atom is 0.173 e. The van der Waals surface area contributed by atoms with E-state index in [-0.39, 0.29) is 6.04 Å². The molecule has 2 heterocycles. The summed E-state index contributed by atoms with van der Waals surface area (Å²) in [7, 11) is 5.09. The van der Waals surface area contributed by atoms with Gasteiger partial charge in [0, 0.05) is 45.4 Å². The summed E-state index contributed by atoms with van der Waals surface area (Å²) >= 11 is 0. The molecule has 4 rings (SSSR count). The van der Waals surface area contributed by atoms with Gasteiger partial charge in [0.1, 0.15) is 11.5 Å². The molecule has 1 fully saturated rings. The predicted octanol–water partition coefficient (Wildman–Crippen LogP) is 2.24. The number of rotatable bonds is 10. The molecule has 2 aromatic carbocycles. The average molecular weight is 453 g/mol. The summed E-state index contributed by atoms with van der Waals surface area (Å²) < 4.78 is 18.0. The molecule has 1 aromatic heterocycles. The summed E-state index contributed by atoms with van der Waals surface area (Å²) in [6.07, 6.45) is 0. The fraction of sp³-hybridized carbons (Fsp3) is 0.458. The molecule has 0 bridgehead atoms. The van der Waals surface area contributed by atoms with Gasteiger partial charge in [-0.1, -0.05) is 30.3 Å². The van der Waals surface area contributed by atoms with Gasteiger partial charge in [-0.3, -0.25) is 9.80 Å². The zero-order chi connectivity index (χ0) is 23.0. The van der Waals surface area contributed by atoms with Gasteiger partial charge in [0.2, 0.25) is 0 Å². The number of tetrazole rings is 1. The van der Waals surface area contributed by atoms with Crippen LogP contribution in [0.2, 0.25) is 0 Å². The van der Waals surface area contributed by atoms with Gasteiger partial charge in [-0.05, 0) is 34.2 Å². The van der Waals surface area contributed by atoms with Crippen molar-refractivity contribution >= 4 is 0 Å². The molecule has 0 aliphatic carbocycles. The fourth-order valence-electron chi connectivity index (χ4n) is 4.31. The Morgan fingerprint density at radius 2 is 1.67 bits per heavy atom. The van der Waals surface area contributed by atoms with Crippen molar-refractivity contribution in [2.45, 2.75) is 19.1 Å². The molecule has 1 atom stereocenters. The van der Waals surface area contributed by atoms with Gasteiger partial charge in [-0.15, -0.1) is 5.10 Å². The third-order valence-corrected chi connectivity index (χ3v) is 6.10. The number of aromatic nitrogens is 4. The number of piperazine rings is 1. The number of nitrogens with zero attached hydrogens (tertiary/aromatic N) is 6. The van der Waals surface area contributed by atoms with Crippen LogP contribution in [-0.2, 0) is 17.8 Å². The maximum atomic E-state index is 5.53. The first-order chi connectivity index (χ1) is 16.2. The van der Waals surface area contributed by atoms with Crippen molar-refractivity contribution in [3.8, 4) is 11.5 Å². The average Bonchev–Trinajstić information content (AvgIpc) is 3.32. The van der Waals surface area contributed by atoms with Crippen LogP contribution in [0.4, 0.5) is 0 Å². The van der Waals surface area contributed by atoms with E-state index >= 15 is 0 Å². The zero-order valence-corrected chi connectivity index (χ0v) is 19.6. The Morgan fingerprint density at radius 1 is 0.909 bits per heavy atom. The van der Waals surface area contributed by atoms with Crippen molar-refractivity contribution in [2.24, 2.45) is 0 Å². The lowest BCUT2D eigenvalue weighted by atomic mass is 10.0. The normalized spacial score (nSPS) is 16.0. The van der Waals surface area contributed by atoms with E-state index in [4.69, 9.17) is 14.2 Å². The molecule has 1 aliphatic heterocycles. The van der Waals surface area contributed by atoms with Gasteiger partial charge in [0.05, 0.1) is 33.4 Å². The van der Waals surface area contributed by atoms with Gasteiger partial charge in [0.15, 0.2) is 5.82 Å². The number of hydrogen-bond acceptors (Lipinski definition) is 8. The highest BCUT2D eigenvalue weighted by Gasteiger charge is 2.30. The van der Waals surface area contributed by atoms with Crippen LogP contribution in [-0.4, -0.2) is 84.1 Å². The van der Waals surface area contributed by atoms with Crippen molar-refractivity contribution in [2.75, 3.05) is 54.1 Å². The van der Waals surface area contributed by atoms with Crippen molar-refractivity contribution in [3.05, 3.63) is 65.5 Å². The first-order valence-corrected chi connectivity index (χ1v) is 11.2. The Bertz CT molecular complexity index is 1000. The molecule has 3 aromatic rings. The molecule has 0 unspecified atom stereocenters. The molecule has 0 amide bonds. The molecule has 176 valence electrons. The van der Waals surface area contributed by atoms with Crippen LogP contribution in [0.15, 0.2) is 48.5 Å². The quantitative estimate of drug-likeness (QED) is 0.464. The van der Waals surface area contributed by atoms with Crippen molar-refractivity contribution in [1.82, 2.24) is 30.0 Å². The van der Waals surface area contributed by atoms with Crippen LogP contribution in [0.3, 0.4) is 0 Å². The molecule has 33 heavy (non-hydrogen) atoms. The Balaban J connectivity index is 1.52. The van der Waals surface area contributed by atoms with Gasteiger partial charge in [-0.25, -0.2) is 4.68 Å². The molecule has 9 heteroatoms. The molecule has 1 saturated heterocycles. The Kier molecular flexibility index (Phi) is 7.87. The van der Waals surface area contributed by atoms with Crippen molar-refractivity contribution in [1.29, 1.82) is 0 Å². The minimum atomic E-state index is -0.0452. The molecule has 0 saturated carbocycles. The highest BCUT2D eigenvalue weighted by molar-refractivity contribution is 5.34. The van der Waals surface area contributed by atoms with Crippen molar-refractivity contribution in [3.63, 3.8) is 0 Å². The van der Waals surface area contributed by atoms with E-state index in [1.165, 1.54) is 5.56 Å². The van der Waals surface area contributed by atoms with E-state index in [1.54, 1.807) is 21.3 Å². The van der Waals surface area contributed by atoms with Gasteiger partial charge in [-0.2, -0.15) is 0 Å². The van der Waals surface area contributed by atoms with Crippen LogP contribution in [0.1, 0.15) is 23.0 Å². The lowest BCUT2D eigenvalue weighted by Gasteiger charge is -2.39. The molecule has 1 aliphatic rings. The molecule has 0 radical (unpaired) electrons. The summed E-state index contributed by atoms with van der Waals surface area (Å²) in [4.78, 5) is 4.92. The zero-order valence-electron chi connectivity index (χ0n) is 19.6. The van der Waals surface area contributed by atoms with Gasteiger partial charge in [0.25, 0.3) is 0 Å². The number of ether oxygens (including phenoxy) is 3. The third kappa shape index (κ3) is 5.50. The number of benzene rings is 2. The van der Waals surface area contributed by atoms with Crippen LogP contribution < -0.4 is 9.47 Å². The predicted molar refractivity (Wildman–Crippen MR) is 124 cm³/mol. The number of hydrogen-bond donors (Lipinski definition) is 0. The second-order valence-corrected chi connectivity index (χ2v) is 8.05. The minimum absolute atomic E-state index is 0.0452. The first-order valence-electron chi connectivity index (χ1n) is 11.2. The summed E-state index contributed by atoms with van der Waals surface area (Å²) in [6, 6.07) is 16.4. The van der Waals surface area contributed by atoms with Crippen LogP contribution >= 0.6 is 0 Å². The largest absolute Gasteiger partial charge is 0.497 e. The fourth-order valence-corrected chi connectivity index (χ4v) is 4.31. The number of methoxy groups -OCH3 is 3.